The van der Waals surface area contributed by atoms with Crippen LogP contribution in [0.2, 0.25) is 0 Å². The van der Waals surface area contributed by atoms with Crippen molar-refractivity contribution in [2.45, 2.75) is 9.79 Å². The maximum absolute atomic E-state index is 14.2. The number of fused-ring (bicyclic) bond motifs is 1. The van der Waals surface area contributed by atoms with Crippen LogP contribution in [0.15, 0.2) is 103 Å². The lowest BCUT2D eigenvalue weighted by Crippen LogP contribution is -2.21. The van der Waals surface area contributed by atoms with E-state index in [1.165, 1.54) is 34.9 Å². The van der Waals surface area contributed by atoms with Crippen molar-refractivity contribution in [3.05, 3.63) is 117 Å². The van der Waals surface area contributed by atoms with Crippen LogP contribution in [-0.2, 0) is 0 Å². The second kappa shape index (κ2) is 8.84. The lowest BCUT2D eigenvalue weighted by molar-refractivity contribution is 0.446. The highest BCUT2D eigenvalue weighted by molar-refractivity contribution is 7.99. The van der Waals surface area contributed by atoms with Crippen LogP contribution in [0, 0.1) is 17.5 Å². The summed E-state index contributed by atoms with van der Waals surface area (Å²) >= 11 is 0.508. The predicted octanol–water partition coefficient (Wildman–Crippen LogP) is 5.89. The largest absolute Gasteiger partial charge is 0.505 e. The minimum atomic E-state index is -0.998. The summed E-state index contributed by atoms with van der Waals surface area (Å²) in [6.07, 6.45) is 0. The summed E-state index contributed by atoms with van der Waals surface area (Å²) < 4.78 is 47.6. The summed E-state index contributed by atoms with van der Waals surface area (Å²) in [6, 6.07) is 18.1. The van der Waals surface area contributed by atoms with E-state index in [1.54, 1.807) is 30.3 Å². The summed E-state index contributed by atoms with van der Waals surface area (Å²) in [5.41, 5.74) is -0.676. The lowest BCUT2D eigenvalue weighted by atomic mass is 10.1. The van der Waals surface area contributed by atoms with Gasteiger partial charge < -0.3 is 9.52 Å². The molecule has 2 heterocycles. The zero-order valence-electron chi connectivity index (χ0n) is 17.7. The average molecular weight is 493 g/mol. The van der Waals surface area contributed by atoms with Gasteiger partial charge in [-0.15, -0.1) is 0 Å². The lowest BCUT2D eigenvalue weighted by Gasteiger charge is -2.15. The molecule has 0 spiro atoms. The van der Waals surface area contributed by atoms with Crippen molar-refractivity contribution < 1.29 is 22.7 Å². The zero-order valence-corrected chi connectivity index (χ0v) is 18.5. The molecule has 0 saturated carbocycles. The van der Waals surface area contributed by atoms with Crippen molar-refractivity contribution in [3.8, 4) is 22.7 Å². The maximum atomic E-state index is 14.2. The Labute approximate surface area is 199 Å². The van der Waals surface area contributed by atoms with Gasteiger partial charge in [-0.1, -0.05) is 42.1 Å². The number of aromatic nitrogens is 1. The molecular weight excluding hydrogens is 479 g/mol. The van der Waals surface area contributed by atoms with Gasteiger partial charge in [0.1, 0.15) is 33.3 Å². The van der Waals surface area contributed by atoms with Crippen LogP contribution < -0.4 is 11.2 Å². The Bertz CT molecular complexity index is 1700. The topological polar surface area (TPSA) is 72.4 Å². The first kappa shape index (κ1) is 22.5. The fourth-order valence-electron chi connectivity index (χ4n) is 3.67. The molecule has 3 aromatic carbocycles. The Balaban J connectivity index is 1.80. The van der Waals surface area contributed by atoms with Crippen molar-refractivity contribution in [1.82, 2.24) is 4.57 Å². The molecule has 0 saturated heterocycles. The molecule has 0 unspecified atom stereocenters. The van der Waals surface area contributed by atoms with Gasteiger partial charge in [-0.2, -0.15) is 0 Å². The highest BCUT2D eigenvalue weighted by atomic mass is 32.2. The molecule has 0 amide bonds. The van der Waals surface area contributed by atoms with E-state index in [2.05, 4.69) is 0 Å². The zero-order chi connectivity index (χ0) is 24.7. The second-order valence-corrected chi connectivity index (χ2v) is 8.55. The summed E-state index contributed by atoms with van der Waals surface area (Å²) in [6.45, 7) is 0. The Kier molecular flexibility index (Phi) is 5.70. The minimum absolute atomic E-state index is 0.145. The van der Waals surface area contributed by atoms with Crippen LogP contribution in [-0.4, -0.2) is 9.67 Å². The molecule has 5 aromatic rings. The quantitative estimate of drug-likeness (QED) is 0.338. The van der Waals surface area contributed by atoms with Gasteiger partial charge in [0.2, 0.25) is 0 Å². The molecule has 5 rings (SSSR count). The number of pyridine rings is 1. The third-order valence-corrected chi connectivity index (χ3v) is 6.39. The number of benzene rings is 3. The smallest absolute Gasteiger partial charge is 0.354 e. The third kappa shape index (κ3) is 4.10. The van der Waals surface area contributed by atoms with Crippen molar-refractivity contribution >= 4 is 22.7 Å². The Morgan fingerprint density at radius 2 is 1.51 bits per heavy atom. The van der Waals surface area contributed by atoms with Crippen LogP contribution in [0.1, 0.15) is 0 Å². The highest BCUT2D eigenvalue weighted by Crippen LogP contribution is 2.37. The number of hydrogen-bond acceptors (Lipinski definition) is 5. The molecule has 35 heavy (non-hydrogen) atoms. The maximum Gasteiger partial charge on any atom is 0.354 e. The highest BCUT2D eigenvalue weighted by Gasteiger charge is 2.23. The minimum Gasteiger partial charge on any atom is -0.505 e. The van der Waals surface area contributed by atoms with Gasteiger partial charge in [0.05, 0.1) is 5.69 Å². The van der Waals surface area contributed by atoms with Crippen molar-refractivity contribution in [3.63, 3.8) is 0 Å². The Hall–Kier alpha value is -4.24. The molecule has 0 radical (unpaired) electrons. The summed E-state index contributed by atoms with van der Waals surface area (Å²) in [7, 11) is 0. The number of nitrogens with zero attached hydrogens (tertiary/aromatic N) is 1. The fourth-order valence-corrected chi connectivity index (χ4v) is 4.50. The molecule has 5 nitrogen and oxygen atoms in total. The first-order valence-electron chi connectivity index (χ1n) is 10.2. The van der Waals surface area contributed by atoms with Crippen LogP contribution in [0.3, 0.4) is 0 Å². The van der Waals surface area contributed by atoms with E-state index in [9.17, 15) is 27.9 Å². The van der Waals surface area contributed by atoms with Gasteiger partial charge in [-0.3, -0.25) is 9.36 Å². The SMILES string of the molecule is O=c1oc2cc(-c3ccccc3)n(-c3ccc(F)cc3)c(=O)c2c(O)c1Sc1ccc(F)cc1F. The molecular formula is C26H14F3NO4S. The monoisotopic (exact) mass is 493 g/mol. The van der Waals surface area contributed by atoms with Gasteiger partial charge in [0.15, 0.2) is 5.75 Å². The molecule has 0 aliphatic heterocycles. The standard InChI is InChI=1S/C26H14F3NO4S/c27-15-6-9-17(10-7-15)30-19(14-4-2-1-3-5-14)13-20-22(25(30)32)23(31)24(26(33)34-20)35-21-11-8-16(28)12-18(21)29/h1-13,31H. The summed E-state index contributed by atoms with van der Waals surface area (Å²) in [5, 5.41) is 10.6. The van der Waals surface area contributed by atoms with Crippen LogP contribution in [0.25, 0.3) is 27.9 Å². The first-order chi connectivity index (χ1) is 16.8. The fraction of sp³-hybridized carbons (Fsp3) is 0. The van der Waals surface area contributed by atoms with Gasteiger partial charge >= 0.3 is 5.63 Å². The van der Waals surface area contributed by atoms with Gasteiger partial charge in [-0.25, -0.2) is 18.0 Å². The average Bonchev–Trinajstić information content (AvgIpc) is 2.84. The first-order valence-corrected chi connectivity index (χ1v) is 11.1. The number of hydrogen-bond donors (Lipinski definition) is 1. The molecule has 9 heteroatoms. The van der Waals surface area contributed by atoms with Gasteiger partial charge in [-0.05, 0) is 42.0 Å². The summed E-state index contributed by atoms with van der Waals surface area (Å²) in [5.74, 6) is -2.96. The molecule has 0 bridgehead atoms. The predicted molar refractivity (Wildman–Crippen MR) is 126 cm³/mol. The Morgan fingerprint density at radius 3 is 2.20 bits per heavy atom. The molecule has 0 aliphatic carbocycles. The van der Waals surface area contributed by atoms with E-state index < -0.39 is 39.3 Å². The van der Waals surface area contributed by atoms with E-state index in [0.29, 0.717) is 34.8 Å². The second-order valence-electron chi connectivity index (χ2n) is 7.50. The van der Waals surface area contributed by atoms with E-state index in [0.717, 1.165) is 12.1 Å². The molecule has 1 N–H and O–H groups in total. The molecule has 174 valence electrons. The Morgan fingerprint density at radius 1 is 0.829 bits per heavy atom. The number of aromatic hydroxyl groups is 1. The number of rotatable bonds is 4. The molecule has 0 aliphatic rings. The van der Waals surface area contributed by atoms with E-state index in [1.807, 2.05) is 0 Å². The summed E-state index contributed by atoms with van der Waals surface area (Å²) in [4.78, 5) is 25.8. The molecule has 0 atom stereocenters. The normalized spacial score (nSPS) is 11.2. The van der Waals surface area contributed by atoms with Crippen molar-refractivity contribution in [2.24, 2.45) is 0 Å². The van der Waals surface area contributed by atoms with Crippen LogP contribution in [0.5, 0.6) is 5.75 Å². The molecule has 0 fully saturated rings. The third-order valence-electron chi connectivity index (χ3n) is 5.27. The van der Waals surface area contributed by atoms with E-state index >= 15 is 0 Å². The van der Waals surface area contributed by atoms with Crippen molar-refractivity contribution in [1.29, 1.82) is 0 Å². The van der Waals surface area contributed by atoms with Gasteiger partial charge in [0, 0.05) is 22.7 Å². The van der Waals surface area contributed by atoms with Crippen LogP contribution in [0.4, 0.5) is 13.2 Å². The van der Waals surface area contributed by atoms with Gasteiger partial charge in [0.25, 0.3) is 5.56 Å². The number of halogens is 3. The molecule has 2 aromatic heterocycles. The van der Waals surface area contributed by atoms with E-state index in [4.69, 9.17) is 4.42 Å². The van der Waals surface area contributed by atoms with Crippen molar-refractivity contribution in [2.75, 3.05) is 0 Å². The van der Waals surface area contributed by atoms with Crippen LogP contribution >= 0.6 is 11.8 Å². The van der Waals surface area contributed by atoms with E-state index in [-0.39, 0.29) is 15.9 Å².